The summed E-state index contributed by atoms with van der Waals surface area (Å²) in [5.74, 6) is -0.178. The van der Waals surface area contributed by atoms with Gasteiger partial charge in [-0.1, -0.05) is 60.7 Å². The molecule has 0 radical (unpaired) electrons. The Morgan fingerprint density at radius 3 is 2.11 bits per heavy atom. The van der Waals surface area contributed by atoms with Crippen LogP contribution >= 0.6 is 12.4 Å². The number of rotatable bonds is 6. The van der Waals surface area contributed by atoms with E-state index in [0.717, 1.165) is 39.3 Å². The van der Waals surface area contributed by atoms with Crippen LogP contribution in [0.1, 0.15) is 17.5 Å². The molecule has 0 spiro atoms. The molecule has 1 aliphatic heterocycles. The second kappa shape index (κ2) is 8.87. The van der Waals surface area contributed by atoms with Crippen molar-refractivity contribution >= 4 is 18.4 Å². The van der Waals surface area contributed by atoms with Crippen molar-refractivity contribution < 1.29 is 14.3 Å². The number of hydrogen-bond acceptors (Lipinski definition) is 4. The fraction of sp³-hybridized carbons (Fsp3) is 0.409. The Morgan fingerprint density at radius 1 is 1.00 bits per heavy atom. The first-order valence-electron chi connectivity index (χ1n) is 9.38. The summed E-state index contributed by atoms with van der Waals surface area (Å²) >= 11 is 0. The molecule has 1 unspecified atom stereocenters. The van der Waals surface area contributed by atoms with Gasteiger partial charge in [-0.15, -0.1) is 12.4 Å². The molecule has 1 heterocycles. The molecule has 2 aliphatic rings. The van der Waals surface area contributed by atoms with Crippen molar-refractivity contribution in [2.45, 2.75) is 11.8 Å². The molecule has 1 saturated heterocycles. The standard InChI is InChI=1S/C22H25NO3.ClH/c24-21(26-16-13-23-11-14-25-15-12-23)20-17-22(20,18-7-3-1-4-8-18)19-9-5-2-6-10-19;/h1-10,20H,11-17H2;1H. The topological polar surface area (TPSA) is 38.8 Å². The van der Waals surface area contributed by atoms with E-state index in [9.17, 15) is 4.79 Å². The first-order chi connectivity index (χ1) is 12.8. The summed E-state index contributed by atoms with van der Waals surface area (Å²) in [6, 6.07) is 20.7. The van der Waals surface area contributed by atoms with Gasteiger partial charge in [-0.05, 0) is 17.5 Å². The monoisotopic (exact) mass is 387 g/mol. The molecule has 27 heavy (non-hydrogen) atoms. The smallest absolute Gasteiger partial charge is 0.310 e. The van der Waals surface area contributed by atoms with E-state index in [1.165, 1.54) is 11.1 Å². The summed E-state index contributed by atoms with van der Waals surface area (Å²) in [7, 11) is 0. The highest BCUT2D eigenvalue weighted by Crippen LogP contribution is 2.59. The summed E-state index contributed by atoms with van der Waals surface area (Å²) in [4.78, 5) is 15.0. The number of morpholine rings is 1. The molecule has 1 saturated carbocycles. The van der Waals surface area contributed by atoms with Gasteiger partial charge >= 0.3 is 5.97 Å². The first-order valence-corrected chi connectivity index (χ1v) is 9.38. The maximum atomic E-state index is 12.7. The Hall–Kier alpha value is -1.88. The third kappa shape index (κ3) is 4.18. The lowest BCUT2D eigenvalue weighted by molar-refractivity contribution is -0.146. The summed E-state index contributed by atoms with van der Waals surface area (Å²) in [5, 5.41) is 0. The molecular formula is C22H26ClNO3. The normalized spacial score (nSPS) is 21.1. The lowest BCUT2D eigenvalue weighted by Crippen LogP contribution is -2.38. The zero-order valence-electron chi connectivity index (χ0n) is 15.4. The van der Waals surface area contributed by atoms with Crippen molar-refractivity contribution in [3.8, 4) is 0 Å². The van der Waals surface area contributed by atoms with Gasteiger partial charge in [0.2, 0.25) is 0 Å². The van der Waals surface area contributed by atoms with Crippen LogP contribution in [0.25, 0.3) is 0 Å². The van der Waals surface area contributed by atoms with Gasteiger partial charge in [0.05, 0.1) is 19.1 Å². The molecule has 2 fully saturated rings. The highest BCUT2D eigenvalue weighted by atomic mass is 35.5. The molecule has 2 aromatic carbocycles. The van der Waals surface area contributed by atoms with E-state index in [1.807, 2.05) is 36.4 Å². The van der Waals surface area contributed by atoms with E-state index < -0.39 is 0 Å². The summed E-state index contributed by atoms with van der Waals surface area (Å²) in [5.41, 5.74) is 2.15. The molecule has 0 aromatic heterocycles. The molecule has 0 amide bonds. The maximum Gasteiger partial charge on any atom is 0.310 e. The van der Waals surface area contributed by atoms with E-state index in [0.29, 0.717) is 6.61 Å². The fourth-order valence-electron chi connectivity index (χ4n) is 4.02. The van der Waals surface area contributed by atoms with Crippen LogP contribution < -0.4 is 0 Å². The number of halogens is 1. The second-order valence-corrected chi connectivity index (χ2v) is 7.08. The van der Waals surface area contributed by atoms with Crippen molar-refractivity contribution in [1.82, 2.24) is 4.90 Å². The minimum Gasteiger partial charge on any atom is -0.464 e. The van der Waals surface area contributed by atoms with Crippen LogP contribution in [0.15, 0.2) is 60.7 Å². The SMILES string of the molecule is Cl.O=C(OCCN1CCOCC1)C1CC1(c1ccccc1)c1ccccc1. The van der Waals surface area contributed by atoms with Gasteiger partial charge in [0, 0.05) is 25.0 Å². The van der Waals surface area contributed by atoms with E-state index >= 15 is 0 Å². The van der Waals surface area contributed by atoms with Gasteiger partial charge in [0.1, 0.15) is 6.61 Å². The van der Waals surface area contributed by atoms with E-state index in [-0.39, 0.29) is 29.7 Å². The number of benzene rings is 2. The average Bonchev–Trinajstić information content (AvgIpc) is 3.47. The first kappa shape index (κ1) is 19.9. The van der Waals surface area contributed by atoms with Crippen LogP contribution in [0.2, 0.25) is 0 Å². The number of carbonyl (C=O) groups excluding carboxylic acids is 1. The third-order valence-electron chi connectivity index (χ3n) is 5.58. The van der Waals surface area contributed by atoms with Gasteiger partial charge in [0.15, 0.2) is 0 Å². The molecule has 0 N–H and O–H groups in total. The van der Waals surface area contributed by atoms with Gasteiger partial charge in [-0.2, -0.15) is 0 Å². The van der Waals surface area contributed by atoms with Gasteiger partial charge in [0.25, 0.3) is 0 Å². The zero-order chi connectivity index (χ0) is 17.8. The van der Waals surface area contributed by atoms with Crippen LogP contribution in [0.5, 0.6) is 0 Å². The number of ether oxygens (including phenoxy) is 2. The van der Waals surface area contributed by atoms with Gasteiger partial charge < -0.3 is 9.47 Å². The van der Waals surface area contributed by atoms with Gasteiger partial charge in [-0.25, -0.2) is 0 Å². The predicted molar refractivity (Wildman–Crippen MR) is 107 cm³/mol. The molecule has 1 atom stereocenters. The second-order valence-electron chi connectivity index (χ2n) is 7.08. The molecule has 0 bridgehead atoms. The minimum atomic E-state index is -0.238. The summed E-state index contributed by atoms with van der Waals surface area (Å²) in [6.45, 7) is 4.60. The lowest BCUT2D eigenvalue weighted by atomic mass is 9.86. The van der Waals surface area contributed by atoms with Crippen molar-refractivity contribution in [2.24, 2.45) is 5.92 Å². The molecule has 4 nitrogen and oxygen atoms in total. The van der Waals surface area contributed by atoms with E-state index in [4.69, 9.17) is 9.47 Å². The molecule has 144 valence electrons. The number of hydrogen-bond donors (Lipinski definition) is 0. The van der Waals surface area contributed by atoms with Crippen molar-refractivity contribution in [1.29, 1.82) is 0 Å². The number of carbonyl (C=O) groups is 1. The van der Waals surface area contributed by atoms with Crippen molar-refractivity contribution in [3.63, 3.8) is 0 Å². The van der Waals surface area contributed by atoms with E-state index in [2.05, 4.69) is 29.2 Å². The number of nitrogens with zero attached hydrogens (tertiary/aromatic N) is 1. The predicted octanol–water partition coefficient (Wildman–Crippen LogP) is 3.29. The Morgan fingerprint density at radius 2 is 1.56 bits per heavy atom. The van der Waals surface area contributed by atoms with Crippen LogP contribution in [0, 0.1) is 5.92 Å². The molecular weight excluding hydrogens is 362 g/mol. The Labute approximate surface area is 166 Å². The molecule has 2 aromatic rings. The fourth-order valence-corrected chi connectivity index (χ4v) is 4.02. The van der Waals surface area contributed by atoms with Crippen LogP contribution in [-0.2, 0) is 19.7 Å². The Bertz CT molecular complexity index is 692. The van der Waals surface area contributed by atoms with Crippen molar-refractivity contribution in [2.75, 3.05) is 39.5 Å². The van der Waals surface area contributed by atoms with E-state index in [1.54, 1.807) is 0 Å². The summed E-state index contributed by atoms with van der Waals surface area (Å²) < 4.78 is 11.0. The van der Waals surface area contributed by atoms with Crippen LogP contribution in [0.4, 0.5) is 0 Å². The molecule has 1 aliphatic carbocycles. The zero-order valence-corrected chi connectivity index (χ0v) is 16.2. The summed E-state index contributed by atoms with van der Waals surface area (Å²) in [6.07, 6.45) is 0.817. The largest absolute Gasteiger partial charge is 0.464 e. The Kier molecular flexibility index (Phi) is 6.53. The molecule has 4 rings (SSSR count). The van der Waals surface area contributed by atoms with Crippen LogP contribution in [0.3, 0.4) is 0 Å². The average molecular weight is 388 g/mol. The number of esters is 1. The Balaban J connectivity index is 0.00000210. The van der Waals surface area contributed by atoms with Gasteiger partial charge in [-0.3, -0.25) is 9.69 Å². The maximum absolute atomic E-state index is 12.7. The third-order valence-corrected chi connectivity index (χ3v) is 5.58. The minimum absolute atomic E-state index is 0. The van der Waals surface area contributed by atoms with Crippen molar-refractivity contribution in [3.05, 3.63) is 71.8 Å². The lowest BCUT2D eigenvalue weighted by Gasteiger charge is -2.26. The molecule has 5 heteroatoms. The highest BCUT2D eigenvalue weighted by Gasteiger charge is 2.61. The highest BCUT2D eigenvalue weighted by molar-refractivity contribution is 5.85. The quantitative estimate of drug-likeness (QED) is 0.713. The van der Waals surface area contributed by atoms with Crippen LogP contribution in [-0.4, -0.2) is 50.3 Å².